The highest BCUT2D eigenvalue weighted by Crippen LogP contribution is 2.38. The van der Waals surface area contributed by atoms with Crippen molar-refractivity contribution in [1.29, 1.82) is 0 Å². The van der Waals surface area contributed by atoms with Crippen LogP contribution in [0.4, 0.5) is 0 Å². The molecule has 0 saturated heterocycles. The maximum atomic E-state index is 8.36. The van der Waals surface area contributed by atoms with Crippen LogP contribution in [-0.2, 0) is 4.79 Å². The van der Waals surface area contributed by atoms with Crippen LogP contribution in [0.3, 0.4) is 0 Å². The highest BCUT2D eigenvalue weighted by molar-refractivity contribution is 5.62. The number of nitrogens with one attached hydrogen (secondary N) is 1. The molecular weight excluding hydrogens is 262 g/mol. The fourth-order valence-electron chi connectivity index (χ4n) is 3.63. The van der Waals surface area contributed by atoms with E-state index in [1.165, 1.54) is 23.3 Å². The average Bonchev–Trinajstić information content (AvgIpc) is 2.55. The number of hydrogen-bond donors (Lipinski definition) is 2. The minimum absolute atomic E-state index is 0.250. The monoisotopic (exact) mass is 281 g/mol. The Kier molecular flexibility index (Phi) is 3.91. The number of carboxylic acid groups (broad SMARTS) is 1. The van der Waals surface area contributed by atoms with Crippen LogP contribution in [0.2, 0.25) is 0 Å². The van der Waals surface area contributed by atoms with Crippen molar-refractivity contribution in [3.05, 3.63) is 59.0 Å². The molecule has 0 aromatic heterocycles. The van der Waals surface area contributed by atoms with E-state index in [0.29, 0.717) is 17.9 Å². The van der Waals surface area contributed by atoms with Crippen molar-refractivity contribution in [3.63, 3.8) is 0 Å². The summed E-state index contributed by atoms with van der Waals surface area (Å²) in [5.41, 5.74) is 1.60. The normalized spacial score (nSPS) is 27.8. The SMILES string of the molecule is C1=CC2CCC3NC=c4ccccc4=C3C2C=C1.O=CO. The van der Waals surface area contributed by atoms with Gasteiger partial charge >= 0.3 is 0 Å². The largest absolute Gasteiger partial charge is 0.483 e. The summed E-state index contributed by atoms with van der Waals surface area (Å²) in [5.74, 6) is 1.30. The van der Waals surface area contributed by atoms with Crippen molar-refractivity contribution >= 4 is 18.2 Å². The Morgan fingerprint density at radius 3 is 2.76 bits per heavy atom. The molecule has 3 unspecified atom stereocenters. The zero-order chi connectivity index (χ0) is 14.7. The molecule has 2 aliphatic carbocycles. The van der Waals surface area contributed by atoms with E-state index >= 15 is 0 Å². The molecule has 0 spiro atoms. The fraction of sp³-hybridized carbons (Fsp3) is 0.278. The van der Waals surface area contributed by atoms with Gasteiger partial charge in [0.05, 0.1) is 0 Å². The predicted octanol–water partition coefficient (Wildman–Crippen LogP) is 1.40. The molecule has 1 heterocycles. The van der Waals surface area contributed by atoms with Gasteiger partial charge in [0.1, 0.15) is 0 Å². The summed E-state index contributed by atoms with van der Waals surface area (Å²) in [6, 6.07) is 9.31. The smallest absolute Gasteiger partial charge is 0.290 e. The first kappa shape index (κ1) is 13.7. The van der Waals surface area contributed by atoms with E-state index in [2.05, 4.69) is 60.1 Å². The van der Waals surface area contributed by atoms with Crippen LogP contribution in [0.15, 0.2) is 48.6 Å². The highest BCUT2D eigenvalue weighted by atomic mass is 16.3. The second kappa shape index (κ2) is 6.00. The Balaban J connectivity index is 0.000000409. The summed E-state index contributed by atoms with van der Waals surface area (Å²) in [4.78, 5) is 8.36. The molecule has 0 bridgehead atoms. The third kappa shape index (κ3) is 2.51. The van der Waals surface area contributed by atoms with Gasteiger partial charge in [0.15, 0.2) is 0 Å². The van der Waals surface area contributed by atoms with Gasteiger partial charge < -0.3 is 10.4 Å². The second-order valence-corrected chi connectivity index (χ2v) is 5.55. The molecule has 3 nitrogen and oxygen atoms in total. The Bertz CT molecular complexity index is 702. The molecule has 21 heavy (non-hydrogen) atoms. The van der Waals surface area contributed by atoms with Gasteiger partial charge in [-0.25, -0.2) is 0 Å². The Morgan fingerprint density at radius 1 is 1.14 bits per heavy atom. The number of benzene rings is 1. The number of fused-ring (bicyclic) bond motifs is 4. The molecule has 2 N–H and O–H groups in total. The topological polar surface area (TPSA) is 49.3 Å². The third-order valence-corrected chi connectivity index (χ3v) is 4.48. The van der Waals surface area contributed by atoms with Crippen molar-refractivity contribution in [2.75, 3.05) is 0 Å². The number of carbonyl (C=O) groups is 1. The van der Waals surface area contributed by atoms with E-state index in [-0.39, 0.29) is 6.47 Å². The molecule has 0 amide bonds. The number of rotatable bonds is 0. The summed E-state index contributed by atoms with van der Waals surface area (Å²) >= 11 is 0. The van der Waals surface area contributed by atoms with Gasteiger partial charge in [-0.2, -0.15) is 0 Å². The van der Waals surface area contributed by atoms with E-state index in [9.17, 15) is 0 Å². The van der Waals surface area contributed by atoms with Crippen LogP contribution in [0.5, 0.6) is 0 Å². The Morgan fingerprint density at radius 2 is 1.90 bits per heavy atom. The van der Waals surface area contributed by atoms with E-state index in [4.69, 9.17) is 9.90 Å². The zero-order valence-electron chi connectivity index (χ0n) is 11.8. The summed E-state index contributed by atoms with van der Waals surface area (Å²) in [6.45, 7) is -0.250. The molecule has 1 aliphatic heterocycles. The second-order valence-electron chi connectivity index (χ2n) is 5.55. The average molecular weight is 281 g/mol. The molecule has 1 fully saturated rings. The summed E-state index contributed by atoms with van der Waals surface area (Å²) in [5, 5.41) is 13.3. The summed E-state index contributed by atoms with van der Waals surface area (Å²) in [7, 11) is 0. The molecule has 1 aromatic carbocycles. The van der Waals surface area contributed by atoms with Crippen LogP contribution in [-0.4, -0.2) is 17.6 Å². The van der Waals surface area contributed by atoms with Crippen LogP contribution >= 0.6 is 0 Å². The van der Waals surface area contributed by atoms with Crippen molar-refractivity contribution in [2.24, 2.45) is 11.8 Å². The quantitative estimate of drug-likeness (QED) is 0.707. The Labute approximate surface area is 124 Å². The molecule has 3 atom stereocenters. The number of allylic oxidation sites excluding steroid dienone is 4. The lowest BCUT2D eigenvalue weighted by molar-refractivity contribution is -0.122. The van der Waals surface area contributed by atoms with Gasteiger partial charge in [0.25, 0.3) is 6.47 Å². The van der Waals surface area contributed by atoms with Crippen molar-refractivity contribution < 1.29 is 9.90 Å². The fourth-order valence-corrected chi connectivity index (χ4v) is 3.63. The first-order valence-electron chi connectivity index (χ1n) is 7.33. The van der Waals surface area contributed by atoms with E-state index in [1.807, 2.05) is 0 Å². The lowest BCUT2D eigenvalue weighted by Gasteiger charge is -2.39. The lowest BCUT2D eigenvalue weighted by Crippen LogP contribution is -2.47. The minimum atomic E-state index is -0.250. The Hall–Kier alpha value is -2.29. The van der Waals surface area contributed by atoms with Gasteiger partial charge in [0, 0.05) is 18.2 Å². The molecule has 3 heteroatoms. The maximum absolute atomic E-state index is 8.36. The first-order chi connectivity index (χ1) is 10.3. The molecule has 1 saturated carbocycles. The van der Waals surface area contributed by atoms with Crippen LogP contribution in [0.25, 0.3) is 11.8 Å². The minimum Gasteiger partial charge on any atom is -0.483 e. The van der Waals surface area contributed by atoms with E-state index in [1.54, 1.807) is 5.57 Å². The molecule has 0 radical (unpaired) electrons. The van der Waals surface area contributed by atoms with Crippen molar-refractivity contribution in [1.82, 2.24) is 5.32 Å². The van der Waals surface area contributed by atoms with Crippen LogP contribution in [0, 0.1) is 11.8 Å². The van der Waals surface area contributed by atoms with Gasteiger partial charge in [0.2, 0.25) is 0 Å². The number of hydrogen-bond acceptors (Lipinski definition) is 2. The molecule has 3 aliphatic rings. The van der Waals surface area contributed by atoms with Gasteiger partial charge in [-0.15, -0.1) is 0 Å². The first-order valence-corrected chi connectivity index (χ1v) is 7.33. The third-order valence-electron chi connectivity index (χ3n) is 4.48. The van der Waals surface area contributed by atoms with E-state index in [0.717, 1.165) is 0 Å². The van der Waals surface area contributed by atoms with Crippen LogP contribution in [0.1, 0.15) is 12.8 Å². The maximum Gasteiger partial charge on any atom is 0.290 e. The molecule has 4 rings (SSSR count). The van der Waals surface area contributed by atoms with E-state index < -0.39 is 0 Å². The lowest BCUT2D eigenvalue weighted by atomic mass is 9.70. The zero-order valence-corrected chi connectivity index (χ0v) is 11.8. The summed E-state index contributed by atoms with van der Waals surface area (Å²) < 4.78 is 0. The van der Waals surface area contributed by atoms with Gasteiger partial charge in [-0.05, 0) is 34.8 Å². The standard InChI is InChI=1S/C17H17N.CH2O2/c1-3-7-14-12(5-1)9-10-16-17(14)15-8-4-2-6-13(15)11-18-16;2-1-3/h1-8,11-12,14,16,18H,9-10H2;1H,(H,2,3). The molecular formula is C18H19NO2. The predicted molar refractivity (Wildman–Crippen MR) is 83.7 cm³/mol. The van der Waals surface area contributed by atoms with Crippen LogP contribution < -0.4 is 15.8 Å². The van der Waals surface area contributed by atoms with Crippen molar-refractivity contribution in [2.45, 2.75) is 18.9 Å². The molecule has 1 aromatic rings. The van der Waals surface area contributed by atoms with Crippen molar-refractivity contribution in [3.8, 4) is 0 Å². The molecule has 108 valence electrons. The highest BCUT2D eigenvalue weighted by Gasteiger charge is 2.33. The van der Waals surface area contributed by atoms with Gasteiger partial charge in [-0.1, -0.05) is 48.6 Å². The van der Waals surface area contributed by atoms with Gasteiger partial charge in [-0.3, -0.25) is 4.79 Å². The summed E-state index contributed by atoms with van der Waals surface area (Å²) in [6.07, 6.45) is 13.9.